The number of aromatic amines is 1. The molecule has 150 valence electrons. The molecule has 0 amide bonds. The van der Waals surface area contributed by atoms with Crippen LogP contribution in [0.15, 0.2) is 52.2 Å². The molecule has 1 aliphatic rings. The normalized spacial score (nSPS) is 20.5. The average molecular weight is 403 g/mol. The standard InChI is InChI=1S/C22H17N3O5/c23-10-14-7-5-13(16-3-1-2-4-17(14)16)6-8-15-11-25(22(29)24-21(15)28)20-9-18(27)19(12-26)30-20/h1-5,7,11,18-20,26-27H,9,12H2,(H,24,28,29)/t18?,19-,20-/m0/s1. The van der Waals surface area contributed by atoms with E-state index in [2.05, 4.69) is 22.9 Å². The van der Waals surface area contributed by atoms with Crippen LogP contribution in [-0.2, 0) is 4.74 Å². The van der Waals surface area contributed by atoms with Crippen LogP contribution < -0.4 is 11.2 Å². The van der Waals surface area contributed by atoms with Crippen LogP contribution in [0.3, 0.4) is 0 Å². The predicted molar refractivity (Wildman–Crippen MR) is 108 cm³/mol. The molecule has 0 saturated carbocycles. The molecule has 3 aromatic rings. The van der Waals surface area contributed by atoms with Crippen LogP contribution in [0.25, 0.3) is 10.8 Å². The van der Waals surface area contributed by atoms with E-state index < -0.39 is 29.7 Å². The quantitative estimate of drug-likeness (QED) is 0.538. The number of nitriles is 1. The van der Waals surface area contributed by atoms with Gasteiger partial charge in [0.1, 0.15) is 17.9 Å². The minimum atomic E-state index is -0.918. The molecule has 0 bridgehead atoms. The summed E-state index contributed by atoms with van der Waals surface area (Å²) in [6.07, 6.45) is -1.15. The summed E-state index contributed by atoms with van der Waals surface area (Å²) in [6, 6.07) is 12.9. The number of nitrogens with zero attached hydrogens (tertiary/aromatic N) is 2. The number of ether oxygens (including phenoxy) is 1. The van der Waals surface area contributed by atoms with Gasteiger partial charge in [0.2, 0.25) is 0 Å². The molecular formula is C22H17N3O5. The first-order valence-electron chi connectivity index (χ1n) is 9.25. The molecule has 8 heteroatoms. The first kappa shape index (κ1) is 19.6. The Balaban J connectivity index is 1.75. The number of nitrogens with one attached hydrogen (secondary N) is 1. The van der Waals surface area contributed by atoms with Crippen LogP contribution in [0.4, 0.5) is 0 Å². The lowest BCUT2D eigenvalue weighted by Gasteiger charge is -2.14. The predicted octanol–water partition coefficient (Wildman–Crippen LogP) is 0.602. The van der Waals surface area contributed by atoms with Crippen molar-refractivity contribution >= 4 is 10.8 Å². The molecule has 1 aliphatic heterocycles. The molecule has 1 saturated heterocycles. The van der Waals surface area contributed by atoms with Crippen molar-refractivity contribution in [3.05, 3.63) is 80.1 Å². The molecule has 3 atom stereocenters. The minimum absolute atomic E-state index is 0.0496. The highest BCUT2D eigenvalue weighted by atomic mass is 16.5. The van der Waals surface area contributed by atoms with Gasteiger partial charge in [0.15, 0.2) is 0 Å². The first-order valence-corrected chi connectivity index (χ1v) is 9.25. The lowest BCUT2D eigenvalue weighted by molar-refractivity contribution is -0.0459. The van der Waals surface area contributed by atoms with E-state index in [9.17, 15) is 25.1 Å². The van der Waals surface area contributed by atoms with E-state index in [-0.39, 0.29) is 18.6 Å². The van der Waals surface area contributed by atoms with E-state index >= 15 is 0 Å². The van der Waals surface area contributed by atoms with Gasteiger partial charge >= 0.3 is 5.69 Å². The molecular weight excluding hydrogens is 386 g/mol. The summed E-state index contributed by atoms with van der Waals surface area (Å²) in [5.41, 5.74) is -0.120. The van der Waals surface area contributed by atoms with Crippen molar-refractivity contribution < 1.29 is 14.9 Å². The second-order valence-electron chi connectivity index (χ2n) is 6.89. The van der Waals surface area contributed by atoms with Gasteiger partial charge in [0.05, 0.1) is 24.3 Å². The third kappa shape index (κ3) is 3.51. The fourth-order valence-electron chi connectivity index (χ4n) is 3.48. The number of aromatic nitrogens is 2. The van der Waals surface area contributed by atoms with Crippen molar-refractivity contribution in [3.8, 4) is 17.9 Å². The van der Waals surface area contributed by atoms with E-state index in [1.165, 1.54) is 6.20 Å². The maximum atomic E-state index is 12.2. The van der Waals surface area contributed by atoms with Crippen molar-refractivity contribution in [2.75, 3.05) is 6.61 Å². The monoisotopic (exact) mass is 403 g/mol. The Labute approximate surface area is 170 Å². The lowest BCUT2D eigenvalue weighted by Crippen LogP contribution is -2.33. The lowest BCUT2D eigenvalue weighted by atomic mass is 10.0. The van der Waals surface area contributed by atoms with Gasteiger partial charge in [-0.15, -0.1) is 0 Å². The first-order chi connectivity index (χ1) is 14.5. The molecule has 2 aromatic carbocycles. The van der Waals surface area contributed by atoms with Crippen LogP contribution in [0.1, 0.15) is 29.3 Å². The summed E-state index contributed by atoms with van der Waals surface area (Å²) in [6.45, 7) is -0.381. The Morgan fingerprint density at radius 1 is 1.10 bits per heavy atom. The Hall–Kier alpha value is -3.69. The van der Waals surface area contributed by atoms with Crippen LogP contribution in [0.2, 0.25) is 0 Å². The van der Waals surface area contributed by atoms with Gasteiger partial charge in [0, 0.05) is 23.6 Å². The fraction of sp³-hybridized carbons (Fsp3) is 0.227. The third-order valence-electron chi connectivity index (χ3n) is 5.04. The van der Waals surface area contributed by atoms with Crippen LogP contribution >= 0.6 is 0 Å². The second kappa shape index (κ2) is 7.97. The Morgan fingerprint density at radius 3 is 2.43 bits per heavy atom. The van der Waals surface area contributed by atoms with Gasteiger partial charge in [-0.1, -0.05) is 36.1 Å². The Morgan fingerprint density at radius 2 is 1.77 bits per heavy atom. The van der Waals surface area contributed by atoms with Crippen LogP contribution in [0.5, 0.6) is 0 Å². The van der Waals surface area contributed by atoms with Crippen molar-refractivity contribution in [1.29, 1.82) is 5.26 Å². The minimum Gasteiger partial charge on any atom is -0.394 e. The number of H-pyrrole nitrogens is 1. The largest absolute Gasteiger partial charge is 0.394 e. The Kier molecular flexibility index (Phi) is 5.21. The zero-order chi connectivity index (χ0) is 21.3. The van der Waals surface area contributed by atoms with Crippen LogP contribution in [0, 0.1) is 23.2 Å². The SMILES string of the molecule is N#Cc1ccc(C#Cc2cn([C@@H]3CC(O)[C@H](CO)O3)c(=O)[nH]c2=O)c2ccccc12. The summed E-state index contributed by atoms with van der Waals surface area (Å²) in [4.78, 5) is 26.6. The molecule has 0 spiro atoms. The highest BCUT2D eigenvalue weighted by Gasteiger charge is 2.35. The van der Waals surface area contributed by atoms with E-state index in [1.54, 1.807) is 12.1 Å². The summed E-state index contributed by atoms with van der Waals surface area (Å²) >= 11 is 0. The molecule has 3 N–H and O–H groups in total. The zero-order valence-electron chi connectivity index (χ0n) is 15.7. The van der Waals surface area contributed by atoms with Crippen molar-refractivity contribution in [3.63, 3.8) is 0 Å². The molecule has 0 radical (unpaired) electrons. The number of aliphatic hydroxyl groups is 2. The zero-order valence-corrected chi connectivity index (χ0v) is 15.7. The Bertz CT molecular complexity index is 1340. The summed E-state index contributed by atoms with van der Waals surface area (Å²) < 4.78 is 6.65. The number of hydrogen-bond donors (Lipinski definition) is 3. The van der Waals surface area contributed by atoms with Crippen molar-refractivity contribution in [2.24, 2.45) is 0 Å². The number of aliphatic hydroxyl groups excluding tert-OH is 2. The average Bonchev–Trinajstić information content (AvgIpc) is 3.13. The highest BCUT2D eigenvalue weighted by molar-refractivity contribution is 5.92. The molecule has 30 heavy (non-hydrogen) atoms. The van der Waals surface area contributed by atoms with Gasteiger partial charge in [-0.2, -0.15) is 5.26 Å². The van der Waals surface area contributed by atoms with E-state index in [0.717, 1.165) is 15.3 Å². The number of benzene rings is 2. The summed E-state index contributed by atoms with van der Waals surface area (Å²) in [7, 11) is 0. The maximum Gasteiger partial charge on any atom is 0.330 e. The highest BCUT2D eigenvalue weighted by Crippen LogP contribution is 2.27. The van der Waals surface area contributed by atoms with Gasteiger partial charge in [-0.25, -0.2) is 4.79 Å². The third-order valence-corrected chi connectivity index (χ3v) is 5.04. The van der Waals surface area contributed by atoms with E-state index in [1.807, 2.05) is 24.3 Å². The van der Waals surface area contributed by atoms with Gasteiger partial charge in [-0.3, -0.25) is 14.3 Å². The van der Waals surface area contributed by atoms with Crippen molar-refractivity contribution in [1.82, 2.24) is 9.55 Å². The number of rotatable bonds is 2. The van der Waals surface area contributed by atoms with Gasteiger partial charge < -0.3 is 14.9 Å². The molecule has 1 fully saturated rings. The number of fused-ring (bicyclic) bond motifs is 1. The second-order valence-corrected chi connectivity index (χ2v) is 6.89. The molecule has 4 rings (SSSR count). The van der Waals surface area contributed by atoms with Crippen LogP contribution in [-0.4, -0.2) is 38.6 Å². The summed E-state index contributed by atoms with van der Waals surface area (Å²) in [5, 5.41) is 30.0. The van der Waals surface area contributed by atoms with Crippen molar-refractivity contribution in [2.45, 2.75) is 24.9 Å². The molecule has 2 heterocycles. The maximum absolute atomic E-state index is 12.2. The topological polar surface area (TPSA) is 128 Å². The molecule has 1 aromatic heterocycles. The fourth-order valence-corrected chi connectivity index (χ4v) is 3.48. The van der Waals surface area contributed by atoms with Gasteiger partial charge in [-0.05, 0) is 17.5 Å². The summed E-state index contributed by atoms with van der Waals surface area (Å²) in [5.74, 6) is 5.72. The van der Waals surface area contributed by atoms with E-state index in [0.29, 0.717) is 11.1 Å². The molecule has 8 nitrogen and oxygen atoms in total. The smallest absolute Gasteiger partial charge is 0.330 e. The molecule has 1 unspecified atom stereocenters. The van der Waals surface area contributed by atoms with Gasteiger partial charge in [0.25, 0.3) is 5.56 Å². The van der Waals surface area contributed by atoms with E-state index in [4.69, 9.17) is 4.74 Å². The molecule has 0 aliphatic carbocycles. The number of hydrogen-bond acceptors (Lipinski definition) is 6.